The Bertz CT molecular complexity index is 527. The Morgan fingerprint density at radius 1 is 1.14 bits per heavy atom. The van der Waals surface area contributed by atoms with Crippen molar-refractivity contribution in [2.75, 3.05) is 25.0 Å². The molecule has 0 aliphatic rings. The minimum atomic E-state index is 0.833. The van der Waals surface area contributed by atoms with Gasteiger partial charge in [0.1, 0.15) is 5.82 Å². The molecule has 0 unspecified atom stereocenters. The highest BCUT2D eigenvalue weighted by molar-refractivity contribution is 5.38. The lowest BCUT2D eigenvalue weighted by Crippen LogP contribution is -2.22. The first-order chi connectivity index (χ1) is 10.3. The van der Waals surface area contributed by atoms with E-state index in [1.165, 1.54) is 5.56 Å². The number of rotatable bonds is 8. The van der Waals surface area contributed by atoms with Crippen LogP contribution < -0.4 is 10.2 Å². The van der Waals surface area contributed by atoms with Gasteiger partial charge in [-0.15, -0.1) is 0 Å². The highest BCUT2D eigenvalue weighted by atomic mass is 15.2. The van der Waals surface area contributed by atoms with E-state index in [1.54, 1.807) is 0 Å². The molecule has 0 aliphatic heterocycles. The first kappa shape index (κ1) is 15.4. The first-order valence-electron chi connectivity index (χ1n) is 7.56. The lowest BCUT2D eigenvalue weighted by molar-refractivity contribution is 0.663. The van der Waals surface area contributed by atoms with Crippen molar-refractivity contribution in [1.82, 2.24) is 15.3 Å². The summed E-state index contributed by atoms with van der Waals surface area (Å²) in [6.45, 7) is 4.98. The van der Waals surface area contributed by atoms with Gasteiger partial charge in [-0.25, -0.2) is 4.98 Å². The Kier molecular flexibility index (Phi) is 6.16. The molecule has 4 nitrogen and oxygen atoms in total. The summed E-state index contributed by atoms with van der Waals surface area (Å²) in [7, 11) is 2.09. The van der Waals surface area contributed by atoms with Crippen molar-refractivity contribution in [1.29, 1.82) is 0 Å². The molecule has 0 atom stereocenters. The SMILES string of the molecule is CCCNCc1cccc(N(C)CCc2ccncc2)n1. The van der Waals surface area contributed by atoms with Gasteiger partial charge in [0.15, 0.2) is 0 Å². The second kappa shape index (κ2) is 8.37. The van der Waals surface area contributed by atoms with Crippen LogP contribution in [0.3, 0.4) is 0 Å². The standard InChI is InChI=1S/C17H24N4/c1-3-10-19-14-16-5-4-6-17(20-16)21(2)13-9-15-7-11-18-12-8-15/h4-8,11-12,19H,3,9-10,13-14H2,1-2H3. The number of pyridine rings is 2. The number of hydrogen-bond acceptors (Lipinski definition) is 4. The summed E-state index contributed by atoms with van der Waals surface area (Å²) in [6.07, 6.45) is 5.83. The number of aromatic nitrogens is 2. The lowest BCUT2D eigenvalue weighted by atomic mass is 10.2. The zero-order chi connectivity index (χ0) is 14.9. The molecule has 21 heavy (non-hydrogen) atoms. The van der Waals surface area contributed by atoms with E-state index in [1.807, 2.05) is 12.4 Å². The third-order valence-electron chi connectivity index (χ3n) is 3.40. The van der Waals surface area contributed by atoms with Crippen LogP contribution in [0.2, 0.25) is 0 Å². The number of anilines is 1. The molecule has 0 saturated heterocycles. The Hall–Kier alpha value is -1.94. The molecule has 2 aromatic rings. The molecule has 0 aliphatic carbocycles. The zero-order valence-electron chi connectivity index (χ0n) is 12.9. The molecule has 0 radical (unpaired) electrons. The van der Waals surface area contributed by atoms with Crippen LogP contribution in [-0.2, 0) is 13.0 Å². The van der Waals surface area contributed by atoms with E-state index < -0.39 is 0 Å². The van der Waals surface area contributed by atoms with E-state index in [0.717, 1.165) is 44.0 Å². The van der Waals surface area contributed by atoms with Crippen LogP contribution in [0.15, 0.2) is 42.7 Å². The highest BCUT2D eigenvalue weighted by Crippen LogP contribution is 2.11. The van der Waals surface area contributed by atoms with Crippen molar-refractivity contribution in [3.63, 3.8) is 0 Å². The molecule has 1 N–H and O–H groups in total. The molecule has 112 valence electrons. The van der Waals surface area contributed by atoms with Gasteiger partial charge in [0.05, 0.1) is 5.69 Å². The average Bonchev–Trinajstić information content (AvgIpc) is 2.54. The van der Waals surface area contributed by atoms with Gasteiger partial charge in [0.2, 0.25) is 0 Å². The van der Waals surface area contributed by atoms with Crippen LogP contribution in [0.5, 0.6) is 0 Å². The van der Waals surface area contributed by atoms with E-state index in [-0.39, 0.29) is 0 Å². The van der Waals surface area contributed by atoms with Gasteiger partial charge in [-0.2, -0.15) is 0 Å². The van der Waals surface area contributed by atoms with E-state index in [0.29, 0.717) is 0 Å². The van der Waals surface area contributed by atoms with E-state index in [2.05, 4.69) is 59.5 Å². The van der Waals surface area contributed by atoms with Crippen molar-refractivity contribution in [3.05, 3.63) is 54.0 Å². The molecule has 0 spiro atoms. The molecule has 0 saturated carbocycles. The van der Waals surface area contributed by atoms with Crippen molar-refractivity contribution in [2.24, 2.45) is 0 Å². The summed E-state index contributed by atoms with van der Waals surface area (Å²) in [6, 6.07) is 10.3. The maximum Gasteiger partial charge on any atom is 0.128 e. The van der Waals surface area contributed by atoms with Crippen LogP contribution in [0, 0.1) is 0 Å². The van der Waals surface area contributed by atoms with Crippen LogP contribution in [0.25, 0.3) is 0 Å². The van der Waals surface area contributed by atoms with Crippen LogP contribution in [-0.4, -0.2) is 30.1 Å². The maximum absolute atomic E-state index is 4.71. The molecule has 2 rings (SSSR count). The molecule has 0 bridgehead atoms. The van der Waals surface area contributed by atoms with Gasteiger partial charge >= 0.3 is 0 Å². The Balaban J connectivity index is 1.89. The lowest BCUT2D eigenvalue weighted by Gasteiger charge is -2.19. The largest absolute Gasteiger partial charge is 0.359 e. The fourth-order valence-electron chi connectivity index (χ4n) is 2.13. The molecule has 0 amide bonds. The van der Waals surface area contributed by atoms with Crippen molar-refractivity contribution < 1.29 is 0 Å². The van der Waals surface area contributed by atoms with Gasteiger partial charge in [-0.1, -0.05) is 13.0 Å². The minimum Gasteiger partial charge on any atom is -0.359 e. The predicted molar refractivity (Wildman–Crippen MR) is 87.4 cm³/mol. The number of nitrogens with one attached hydrogen (secondary N) is 1. The summed E-state index contributed by atoms with van der Waals surface area (Å²) in [5, 5.41) is 3.39. The van der Waals surface area contributed by atoms with Gasteiger partial charge in [0.25, 0.3) is 0 Å². The average molecular weight is 284 g/mol. The number of likely N-dealkylation sites (N-methyl/N-ethyl adjacent to an activating group) is 1. The molecule has 2 aromatic heterocycles. The van der Waals surface area contributed by atoms with Gasteiger partial charge in [-0.05, 0) is 49.2 Å². The smallest absolute Gasteiger partial charge is 0.128 e. The minimum absolute atomic E-state index is 0.833. The second-order valence-electron chi connectivity index (χ2n) is 5.19. The van der Waals surface area contributed by atoms with E-state index in [4.69, 9.17) is 4.98 Å². The third-order valence-corrected chi connectivity index (χ3v) is 3.40. The van der Waals surface area contributed by atoms with Crippen LogP contribution in [0.1, 0.15) is 24.6 Å². The number of hydrogen-bond donors (Lipinski definition) is 1. The summed E-state index contributed by atoms with van der Waals surface area (Å²) in [4.78, 5) is 11.0. The topological polar surface area (TPSA) is 41.0 Å². The first-order valence-corrected chi connectivity index (χ1v) is 7.56. The van der Waals surface area contributed by atoms with Crippen molar-refractivity contribution >= 4 is 5.82 Å². The van der Waals surface area contributed by atoms with Gasteiger partial charge in [0, 0.05) is 32.5 Å². The van der Waals surface area contributed by atoms with Gasteiger partial charge in [-0.3, -0.25) is 4.98 Å². The summed E-state index contributed by atoms with van der Waals surface area (Å²) < 4.78 is 0. The maximum atomic E-state index is 4.71. The molecule has 0 fully saturated rings. The highest BCUT2D eigenvalue weighted by Gasteiger charge is 2.04. The Morgan fingerprint density at radius 3 is 2.71 bits per heavy atom. The fraction of sp³-hybridized carbons (Fsp3) is 0.412. The van der Waals surface area contributed by atoms with Gasteiger partial charge < -0.3 is 10.2 Å². The summed E-state index contributed by atoms with van der Waals surface area (Å²) in [5.74, 6) is 1.03. The van der Waals surface area contributed by atoms with Crippen LogP contribution >= 0.6 is 0 Å². The number of nitrogens with zero attached hydrogens (tertiary/aromatic N) is 3. The summed E-state index contributed by atoms with van der Waals surface area (Å²) in [5.41, 5.74) is 2.40. The Labute approximate surface area is 127 Å². The third kappa shape index (κ3) is 5.16. The normalized spacial score (nSPS) is 10.6. The fourth-order valence-corrected chi connectivity index (χ4v) is 2.13. The van der Waals surface area contributed by atoms with E-state index >= 15 is 0 Å². The second-order valence-corrected chi connectivity index (χ2v) is 5.19. The zero-order valence-corrected chi connectivity index (χ0v) is 12.9. The van der Waals surface area contributed by atoms with Crippen molar-refractivity contribution in [2.45, 2.75) is 26.3 Å². The van der Waals surface area contributed by atoms with Crippen LogP contribution in [0.4, 0.5) is 5.82 Å². The molecule has 4 heteroatoms. The molecule has 0 aromatic carbocycles. The van der Waals surface area contributed by atoms with Crippen molar-refractivity contribution in [3.8, 4) is 0 Å². The summed E-state index contributed by atoms with van der Waals surface area (Å²) >= 11 is 0. The Morgan fingerprint density at radius 2 is 1.95 bits per heavy atom. The van der Waals surface area contributed by atoms with E-state index in [9.17, 15) is 0 Å². The predicted octanol–water partition coefficient (Wildman–Crippen LogP) is 2.66. The molecular formula is C17H24N4. The monoisotopic (exact) mass is 284 g/mol. The molecule has 2 heterocycles. The molecular weight excluding hydrogens is 260 g/mol. The quantitative estimate of drug-likeness (QED) is 0.757.